The minimum atomic E-state index is 0.173. The molecule has 1 amide bonds. The van der Waals surface area contributed by atoms with E-state index in [4.69, 9.17) is 0 Å². The van der Waals surface area contributed by atoms with Crippen molar-refractivity contribution in [1.29, 1.82) is 0 Å². The van der Waals surface area contributed by atoms with E-state index in [9.17, 15) is 4.79 Å². The van der Waals surface area contributed by atoms with Crippen molar-refractivity contribution in [3.05, 3.63) is 35.4 Å². The molecule has 3 heteroatoms. The second-order valence-electron chi connectivity index (χ2n) is 6.01. The standard InChI is InChI=1S/C17H26N2O/c1-13(2)15-8-5-14(6-9-15)7-10-17(20)19-16-4-3-11-18-12-16/h5-6,8-9,13,16,18H,3-4,7,10-12H2,1-2H3,(H,19,20). The molecule has 1 unspecified atom stereocenters. The van der Waals surface area contributed by atoms with Gasteiger partial charge >= 0.3 is 0 Å². The molecule has 1 atom stereocenters. The molecule has 0 aliphatic carbocycles. The van der Waals surface area contributed by atoms with Crippen molar-refractivity contribution in [2.45, 2.75) is 51.5 Å². The Labute approximate surface area is 122 Å². The first-order valence-electron chi connectivity index (χ1n) is 7.74. The zero-order chi connectivity index (χ0) is 14.4. The van der Waals surface area contributed by atoms with Crippen LogP contribution in [0, 0.1) is 0 Å². The van der Waals surface area contributed by atoms with Crippen molar-refractivity contribution < 1.29 is 4.79 Å². The number of carbonyl (C=O) groups is 1. The summed E-state index contributed by atoms with van der Waals surface area (Å²) in [5.74, 6) is 0.734. The predicted molar refractivity (Wildman–Crippen MR) is 82.9 cm³/mol. The Morgan fingerprint density at radius 3 is 2.70 bits per heavy atom. The highest BCUT2D eigenvalue weighted by molar-refractivity contribution is 5.76. The molecule has 0 aromatic heterocycles. The van der Waals surface area contributed by atoms with Crippen molar-refractivity contribution in [3.8, 4) is 0 Å². The molecule has 3 nitrogen and oxygen atoms in total. The Morgan fingerprint density at radius 1 is 1.35 bits per heavy atom. The summed E-state index contributed by atoms with van der Waals surface area (Å²) in [6, 6.07) is 8.95. The number of hydrogen-bond donors (Lipinski definition) is 2. The summed E-state index contributed by atoms with van der Waals surface area (Å²) in [4.78, 5) is 11.9. The molecule has 1 aromatic carbocycles. The van der Waals surface area contributed by atoms with E-state index < -0.39 is 0 Å². The van der Waals surface area contributed by atoms with E-state index in [1.807, 2.05) is 0 Å². The van der Waals surface area contributed by atoms with Gasteiger partial charge in [0.1, 0.15) is 0 Å². The lowest BCUT2D eigenvalue weighted by Crippen LogP contribution is -2.45. The number of piperidine rings is 1. The first kappa shape index (κ1) is 15.0. The Bertz CT molecular complexity index is 419. The van der Waals surface area contributed by atoms with E-state index in [0.717, 1.165) is 32.4 Å². The molecule has 2 N–H and O–H groups in total. The molecule has 1 fully saturated rings. The Morgan fingerprint density at radius 2 is 2.10 bits per heavy atom. The van der Waals surface area contributed by atoms with Gasteiger partial charge in [-0.3, -0.25) is 4.79 Å². The molecule has 1 heterocycles. The van der Waals surface area contributed by atoms with Crippen LogP contribution in [-0.4, -0.2) is 25.0 Å². The van der Waals surface area contributed by atoms with E-state index in [1.54, 1.807) is 0 Å². The molecule has 20 heavy (non-hydrogen) atoms. The van der Waals surface area contributed by atoms with Gasteiger partial charge in [0, 0.05) is 19.0 Å². The summed E-state index contributed by atoms with van der Waals surface area (Å²) in [6.07, 6.45) is 3.66. The van der Waals surface area contributed by atoms with E-state index >= 15 is 0 Å². The molecule has 0 spiro atoms. The highest BCUT2D eigenvalue weighted by Gasteiger charge is 2.14. The average Bonchev–Trinajstić information content (AvgIpc) is 2.46. The van der Waals surface area contributed by atoms with Crippen LogP contribution in [-0.2, 0) is 11.2 Å². The lowest BCUT2D eigenvalue weighted by atomic mass is 10.00. The summed E-state index contributed by atoms with van der Waals surface area (Å²) in [5.41, 5.74) is 2.60. The van der Waals surface area contributed by atoms with Gasteiger partial charge in [-0.15, -0.1) is 0 Å². The average molecular weight is 274 g/mol. The number of hydrogen-bond acceptors (Lipinski definition) is 2. The van der Waals surface area contributed by atoms with Crippen LogP contribution in [0.2, 0.25) is 0 Å². The van der Waals surface area contributed by atoms with Gasteiger partial charge in [-0.05, 0) is 42.9 Å². The topological polar surface area (TPSA) is 41.1 Å². The molecule has 0 bridgehead atoms. The van der Waals surface area contributed by atoms with E-state index in [0.29, 0.717) is 18.4 Å². The van der Waals surface area contributed by atoms with Gasteiger partial charge in [-0.25, -0.2) is 0 Å². The fourth-order valence-corrected chi connectivity index (χ4v) is 2.60. The van der Waals surface area contributed by atoms with Gasteiger partial charge in [0.25, 0.3) is 0 Å². The third-order valence-electron chi connectivity index (χ3n) is 3.95. The molecular formula is C17H26N2O. The van der Waals surface area contributed by atoms with Crippen LogP contribution in [0.1, 0.15) is 50.2 Å². The van der Waals surface area contributed by atoms with E-state index in [1.165, 1.54) is 11.1 Å². The SMILES string of the molecule is CC(C)c1ccc(CCC(=O)NC2CCCNC2)cc1. The van der Waals surface area contributed by atoms with Crippen molar-refractivity contribution in [1.82, 2.24) is 10.6 Å². The first-order valence-corrected chi connectivity index (χ1v) is 7.74. The Kier molecular flexibility index (Phi) is 5.60. The monoisotopic (exact) mass is 274 g/mol. The number of benzene rings is 1. The van der Waals surface area contributed by atoms with Crippen LogP contribution in [0.5, 0.6) is 0 Å². The fourth-order valence-electron chi connectivity index (χ4n) is 2.60. The number of aryl methyl sites for hydroxylation is 1. The zero-order valence-electron chi connectivity index (χ0n) is 12.6. The van der Waals surface area contributed by atoms with Gasteiger partial charge < -0.3 is 10.6 Å². The molecule has 2 rings (SSSR count). The smallest absolute Gasteiger partial charge is 0.220 e. The lowest BCUT2D eigenvalue weighted by molar-refractivity contribution is -0.121. The van der Waals surface area contributed by atoms with Crippen molar-refractivity contribution in [3.63, 3.8) is 0 Å². The summed E-state index contributed by atoms with van der Waals surface area (Å²) in [5, 5.41) is 6.43. The summed E-state index contributed by atoms with van der Waals surface area (Å²) >= 11 is 0. The minimum Gasteiger partial charge on any atom is -0.352 e. The summed E-state index contributed by atoms with van der Waals surface area (Å²) < 4.78 is 0. The van der Waals surface area contributed by atoms with E-state index in [2.05, 4.69) is 48.7 Å². The Hall–Kier alpha value is -1.35. The first-order chi connectivity index (χ1) is 9.65. The van der Waals surface area contributed by atoms with Crippen LogP contribution in [0.15, 0.2) is 24.3 Å². The van der Waals surface area contributed by atoms with Gasteiger partial charge in [-0.1, -0.05) is 38.1 Å². The maximum Gasteiger partial charge on any atom is 0.220 e. The fraction of sp³-hybridized carbons (Fsp3) is 0.588. The Balaban J connectivity index is 1.74. The van der Waals surface area contributed by atoms with Crippen LogP contribution in [0.4, 0.5) is 0 Å². The van der Waals surface area contributed by atoms with Crippen LogP contribution in [0.25, 0.3) is 0 Å². The highest BCUT2D eigenvalue weighted by atomic mass is 16.1. The van der Waals surface area contributed by atoms with Crippen LogP contribution in [0.3, 0.4) is 0 Å². The summed E-state index contributed by atoms with van der Waals surface area (Å²) in [6.45, 7) is 6.38. The van der Waals surface area contributed by atoms with Crippen molar-refractivity contribution in [2.75, 3.05) is 13.1 Å². The molecule has 0 saturated carbocycles. The second-order valence-corrected chi connectivity index (χ2v) is 6.01. The highest BCUT2D eigenvalue weighted by Crippen LogP contribution is 2.15. The van der Waals surface area contributed by atoms with Gasteiger partial charge in [-0.2, -0.15) is 0 Å². The van der Waals surface area contributed by atoms with Gasteiger partial charge in [0.05, 0.1) is 0 Å². The molecular weight excluding hydrogens is 248 g/mol. The number of nitrogens with one attached hydrogen (secondary N) is 2. The third kappa shape index (κ3) is 4.64. The number of amides is 1. The molecule has 110 valence electrons. The van der Waals surface area contributed by atoms with Crippen molar-refractivity contribution >= 4 is 5.91 Å². The second kappa shape index (κ2) is 7.44. The molecule has 1 aromatic rings. The zero-order valence-corrected chi connectivity index (χ0v) is 12.6. The van der Waals surface area contributed by atoms with E-state index in [-0.39, 0.29) is 5.91 Å². The molecule has 0 radical (unpaired) electrons. The van der Waals surface area contributed by atoms with Crippen molar-refractivity contribution in [2.24, 2.45) is 0 Å². The molecule has 1 saturated heterocycles. The van der Waals surface area contributed by atoms with Crippen LogP contribution >= 0.6 is 0 Å². The van der Waals surface area contributed by atoms with Crippen LogP contribution < -0.4 is 10.6 Å². The van der Waals surface area contributed by atoms with Gasteiger partial charge in [0.15, 0.2) is 0 Å². The lowest BCUT2D eigenvalue weighted by Gasteiger charge is -2.23. The quantitative estimate of drug-likeness (QED) is 0.866. The largest absolute Gasteiger partial charge is 0.352 e. The predicted octanol–water partition coefficient (Wildman–Crippen LogP) is 2.61. The maximum absolute atomic E-state index is 11.9. The molecule has 1 aliphatic heterocycles. The minimum absolute atomic E-state index is 0.173. The number of carbonyl (C=O) groups excluding carboxylic acids is 1. The third-order valence-corrected chi connectivity index (χ3v) is 3.95. The number of rotatable bonds is 5. The van der Waals surface area contributed by atoms with Gasteiger partial charge in [0.2, 0.25) is 5.91 Å². The normalized spacial score (nSPS) is 19.1. The molecule has 1 aliphatic rings. The maximum atomic E-state index is 11.9. The summed E-state index contributed by atoms with van der Waals surface area (Å²) in [7, 11) is 0.